The summed E-state index contributed by atoms with van der Waals surface area (Å²) in [6, 6.07) is -0.0260. The minimum atomic E-state index is -0.114. The predicted molar refractivity (Wildman–Crippen MR) is 90.9 cm³/mol. The van der Waals surface area contributed by atoms with Crippen molar-refractivity contribution >= 4 is 6.03 Å². The van der Waals surface area contributed by atoms with E-state index in [1.165, 1.54) is 6.42 Å². The maximum atomic E-state index is 12.0. The zero-order chi connectivity index (χ0) is 16.8. The lowest BCUT2D eigenvalue weighted by atomic mass is 9.88. The number of urea groups is 1. The van der Waals surface area contributed by atoms with Crippen LogP contribution in [0.1, 0.15) is 53.9 Å². The fraction of sp³-hybridized carbons (Fsp3) is 0.941. The van der Waals surface area contributed by atoms with E-state index in [0.29, 0.717) is 6.54 Å². The minimum absolute atomic E-state index is 0.0331. The van der Waals surface area contributed by atoms with Crippen LogP contribution in [0, 0.1) is 11.8 Å². The maximum absolute atomic E-state index is 12.0. The quantitative estimate of drug-likeness (QED) is 0.675. The van der Waals surface area contributed by atoms with Crippen LogP contribution in [0.5, 0.6) is 0 Å². The van der Waals surface area contributed by atoms with Gasteiger partial charge in [-0.3, -0.25) is 4.90 Å². The standard InChI is InChI=1S/C17H35N3O2/c1-13-9-14(2)11-20(10-13)17(4,5)12-18-16(22)19-15(3)7-6-8-21/h13-15,21H,6-12H2,1-5H3,(H2,18,19,22). The molecule has 0 radical (unpaired) electrons. The number of nitrogens with zero attached hydrogens (tertiary/aromatic N) is 1. The van der Waals surface area contributed by atoms with E-state index in [1.54, 1.807) is 0 Å². The van der Waals surface area contributed by atoms with Crippen LogP contribution >= 0.6 is 0 Å². The molecule has 2 amide bonds. The van der Waals surface area contributed by atoms with Crippen LogP contribution in [0.15, 0.2) is 0 Å². The second-order valence-electron chi connectivity index (χ2n) is 7.76. The second kappa shape index (κ2) is 8.73. The third-order valence-corrected chi connectivity index (χ3v) is 4.58. The number of aliphatic hydroxyl groups is 1. The molecule has 3 N–H and O–H groups in total. The summed E-state index contributed by atoms with van der Waals surface area (Å²) in [6.07, 6.45) is 2.81. The highest BCUT2D eigenvalue weighted by atomic mass is 16.3. The number of carbonyl (C=O) groups excluding carboxylic acids is 1. The van der Waals surface area contributed by atoms with Crippen LogP contribution in [0.3, 0.4) is 0 Å². The molecule has 1 heterocycles. The van der Waals surface area contributed by atoms with Crippen molar-refractivity contribution in [3.05, 3.63) is 0 Å². The number of hydrogen-bond acceptors (Lipinski definition) is 3. The molecule has 130 valence electrons. The summed E-state index contributed by atoms with van der Waals surface area (Å²) >= 11 is 0. The van der Waals surface area contributed by atoms with Crippen LogP contribution < -0.4 is 10.6 Å². The monoisotopic (exact) mass is 313 g/mol. The van der Waals surface area contributed by atoms with Gasteiger partial charge in [0, 0.05) is 37.8 Å². The average Bonchev–Trinajstić information content (AvgIpc) is 2.42. The molecule has 0 aromatic carbocycles. The first-order chi connectivity index (χ1) is 10.2. The third-order valence-electron chi connectivity index (χ3n) is 4.58. The Hall–Kier alpha value is -0.810. The Morgan fingerprint density at radius 3 is 2.45 bits per heavy atom. The van der Waals surface area contributed by atoms with Gasteiger partial charge in [-0.05, 0) is 51.9 Å². The number of rotatable bonds is 7. The van der Waals surface area contributed by atoms with Gasteiger partial charge in [-0.15, -0.1) is 0 Å². The van der Waals surface area contributed by atoms with Gasteiger partial charge in [-0.2, -0.15) is 0 Å². The summed E-state index contributed by atoms with van der Waals surface area (Å²) in [6.45, 7) is 14.0. The normalized spacial score (nSPS) is 24.8. The van der Waals surface area contributed by atoms with Gasteiger partial charge in [0.25, 0.3) is 0 Å². The number of nitrogens with one attached hydrogen (secondary N) is 2. The van der Waals surface area contributed by atoms with Crippen LogP contribution in [0.2, 0.25) is 0 Å². The van der Waals surface area contributed by atoms with Gasteiger partial charge < -0.3 is 15.7 Å². The summed E-state index contributed by atoms with van der Waals surface area (Å²) in [5.41, 5.74) is -0.0331. The van der Waals surface area contributed by atoms with Crippen LogP contribution in [0.4, 0.5) is 4.79 Å². The van der Waals surface area contributed by atoms with E-state index in [-0.39, 0.29) is 24.2 Å². The highest BCUT2D eigenvalue weighted by molar-refractivity contribution is 5.74. The van der Waals surface area contributed by atoms with Gasteiger partial charge in [0.1, 0.15) is 0 Å². The van der Waals surface area contributed by atoms with Gasteiger partial charge in [0.2, 0.25) is 0 Å². The summed E-state index contributed by atoms with van der Waals surface area (Å²) in [5.74, 6) is 1.44. The zero-order valence-electron chi connectivity index (χ0n) is 15.0. The molecule has 1 saturated heterocycles. The topological polar surface area (TPSA) is 64.6 Å². The van der Waals surface area contributed by atoms with Crippen molar-refractivity contribution in [2.24, 2.45) is 11.8 Å². The van der Waals surface area contributed by atoms with Gasteiger partial charge in [0.05, 0.1) is 0 Å². The molecule has 0 aromatic rings. The molecule has 3 atom stereocenters. The average molecular weight is 313 g/mol. The Morgan fingerprint density at radius 2 is 1.91 bits per heavy atom. The molecule has 5 heteroatoms. The molecule has 0 aliphatic carbocycles. The van der Waals surface area contributed by atoms with E-state index >= 15 is 0 Å². The predicted octanol–water partition coefficient (Wildman–Crippen LogP) is 2.20. The third kappa shape index (κ3) is 6.53. The van der Waals surface area contributed by atoms with Crippen molar-refractivity contribution in [1.29, 1.82) is 0 Å². The molecule has 0 spiro atoms. The van der Waals surface area contributed by atoms with E-state index in [1.807, 2.05) is 6.92 Å². The van der Waals surface area contributed by atoms with E-state index < -0.39 is 0 Å². The molecule has 3 unspecified atom stereocenters. The lowest BCUT2D eigenvalue weighted by Gasteiger charge is -2.45. The fourth-order valence-electron chi connectivity index (χ4n) is 3.31. The van der Waals surface area contributed by atoms with Crippen LogP contribution in [-0.4, -0.2) is 53.9 Å². The molecular weight excluding hydrogens is 278 g/mol. The summed E-state index contributed by atoms with van der Waals surface area (Å²) in [5, 5.41) is 14.7. The van der Waals surface area contributed by atoms with Crippen molar-refractivity contribution in [3.8, 4) is 0 Å². The molecule has 1 aliphatic rings. The first kappa shape index (κ1) is 19.2. The zero-order valence-corrected chi connectivity index (χ0v) is 15.0. The first-order valence-corrected chi connectivity index (χ1v) is 8.65. The molecule has 0 aromatic heterocycles. The molecule has 1 aliphatic heterocycles. The molecular formula is C17H35N3O2. The molecule has 1 rings (SSSR count). The molecule has 22 heavy (non-hydrogen) atoms. The Balaban J connectivity index is 2.39. The SMILES string of the molecule is CC1CC(C)CN(C(C)(C)CNC(=O)NC(C)CCCO)C1. The summed E-state index contributed by atoms with van der Waals surface area (Å²) < 4.78 is 0. The van der Waals surface area contributed by atoms with Crippen molar-refractivity contribution in [3.63, 3.8) is 0 Å². The van der Waals surface area contributed by atoms with Crippen molar-refractivity contribution in [2.75, 3.05) is 26.2 Å². The van der Waals surface area contributed by atoms with Gasteiger partial charge >= 0.3 is 6.03 Å². The Kier molecular flexibility index (Phi) is 7.63. The molecule has 5 nitrogen and oxygen atoms in total. The second-order valence-corrected chi connectivity index (χ2v) is 7.76. The number of amides is 2. The number of carbonyl (C=O) groups is 1. The van der Waals surface area contributed by atoms with Crippen molar-refractivity contribution < 1.29 is 9.90 Å². The minimum Gasteiger partial charge on any atom is -0.396 e. The van der Waals surface area contributed by atoms with Gasteiger partial charge in [0.15, 0.2) is 0 Å². The first-order valence-electron chi connectivity index (χ1n) is 8.65. The van der Waals surface area contributed by atoms with E-state index in [2.05, 4.69) is 43.2 Å². The fourth-order valence-corrected chi connectivity index (χ4v) is 3.31. The lowest BCUT2D eigenvalue weighted by molar-refractivity contribution is 0.0472. The van der Waals surface area contributed by atoms with Gasteiger partial charge in [-0.25, -0.2) is 4.79 Å². The van der Waals surface area contributed by atoms with E-state index in [4.69, 9.17) is 5.11 Å². The highest BCUT2D eigenvalue weighted by Gasteiger charge is 2.32. The van der Waals surface area contributed by atoms with E-state index in [0.717, 1.165) is 37.8 Å². The number of piperidine rings is 1. The van der Waals surface area contributed by atoms with Crippen LogP contribution in [-0.2, 0) is 0 Å². The number of aliphatic hydroxyl groups excluding tert-OH is 1. The van der Waals surface area contributed by atoms with Crippen molar-refractivity contribution in [2.45, 2.75) is 65.5 Å². The lowest BCUT2D eigenvalue weighted by Crippen LogP contribution is -2.57. The summed E-state index contributed by atoms with van der Waals surface area (Å²) in [4.78, 5) is 14.5. The van der Waals surface area contributed by atoms with Gasteiger partial charge in [-0.1, -0.05) is 13.8 Å². The van der Waals surface area contributed by atoms with E-state index in [9.17, 15) is 4.79 Å². The van der Waals surface area contributed by atoms with Crippen molar-refractivity contribution in [1.82, 2.24) is 15.5 Å². The largest absolute Gasteiger partial charge is 0.396 e. The Labute approximate surface area is 135 Å². The number of likely N-dealkylation sites (tertiary alicyclic amines) is 1. The van der Waals surface area contributed by atoms with Crippen LogP contribution in [0.25, 0.3) is 0 Å². The smallest absolute Gasteiger partial charge is 0.315 e. The highest BCUT2D eigenvalue weighted by Crippen LogP contribution is 2.26. The maximum Gasteiger partial charge on any atom is 0.315 e. The summed E-state index contributed by atoms with van der Waals surface area (Å²) in [7, 11) is 0. The Morgan fingerprint density at radius 1 is 1.32 bits per heavy atom. The molecule has 0 bridgehead atoms. The number of hydrogen-bond donors (Lipinski definition) is 3. The molecule has 0 saturated carbocycles. The Bertz CT molecular complexity index is 337. The molecule has 1 fully saturated rings.